The van der Waals surface area contributed by atoms with Crippen molar-refractivity contribution in [3.8, 4) is 5.75 Å². The number of nitrogens with one attached hydrogen (secondary N) is 1. The molecule has 0 aliphatic carbocycles. The number of carbonyl (C=O) groups is 1. The first kappa shape index (κ1) is 18.9. The van der Waals surface area contributed by atoms with Crippen LogP contribution in [0.1, 0.15) is 26.7 Å². The van der Waals surface area contributed by atoms with E-state index in [-0.39, 0.29) is 11.9 Å². The van der Waals surface area contributed by atoms with Gasteiger partial charge in [0, 0.05) is 30.6 Å². The molecule has 0 radical (unpaired) electrons. The lowest BCUT2D eigenvalue weighted by molar-refractivity contribution is -0.128. The van der Waals surface area contributed by atoms with Crippen LogP contribution in [-0.4, -0.2) is 48.8 Å². The van der Waals surface area contributed by atoms with Gasteiger partial charge >= 0.3 is 0 Å². The molecule has 1 aliphatic rings. The summed E-state index contributed by atoms with van der Waals surface area (Å²) in [5.74, 6) is 0.689. The van der Waals surface area contributed by atoms with Gasteiger partial charge in [-0.1, -0.05) is 12.2 Å². The second-order valence-electron chi connectivity index (χ2n) is 6.45. The molecule has 1 N–H and O–H groups in total. The van der Waals surface area contributed by atoms with Crippen LogP contribution >= 0.6 is 11.8 Å². The number of ether oxygens (including phenoxy) is 1. The lowest BCUT2D eigenvalue weighted by Gasteiger charge is -2.32. The van der Waals surface area contributed by atoms with E-state index >= 15 is 0 Å². The highest BCUT2D eigenvalue weighted by atomic mass is 32.2. The number of piperidine rings is 1. The van der Waals surface area contributed by atoms with Gasteiger partial charge in [-0.05, 0) is 57.2 Å². The number of carbonyl (C=O) groups excluding carboxylic acids is 1. The lowest BCUT2D eigenvalue weighted by atomic mass is 10.0. The molecule has 1 aromatic rings. The number of hydrogen-bond acceptors (Lipinski definition) is 4. The Morgan fingerprint density at radius 2 is 2.00 bits per heavy atom. The van der Waals surface area contributed by atoms with Crippen LogP contribution in [-0.2, 0) is 4.79 Å². The SMILES string of the molecule is C=C(C)CN1CCC(NC(=O)[C@H](C)Oc2ccc(SC)cc2)CC1. The summed E-state index contributed by atoms with van der Waals surface area (Å²) in [6.07, 6.45) is 3.51. The second kappa shape index (κ2) is 9.14. The Kier molecular flexibility index (Phi) is 7.18. The number of nitrogens with zero attached hydrogens (tertiary/aromatic N) is 1. The van der Waals surface area contributed by atoms with Crippen molar-refractivity contribution in [1.82, 2.24) is 10.2 Å². The van der Waals surface area contributed by atoms with E-state index in [0.29, 0.717) is 0 Å². The summed E-state index contributed by atoms with van der Waals surface area (Å²) in [6, 6.07) is 8.06. The summed E-state index contributed by atoms with van der Waals surface area (Å²) in [4.78, 5) is 15.9. The highest BCUT2D eigenvalue weighted by Gasteiger charge is 2.23. The van der Waals surface area contributed by atoms with Gasteiger partial charge in [0.25, 0.3) is 5.91 Å². The predicted molar refractivity (Wildman–Crippen MR) is 101 cm³/mol. The van der Waals surface area contributed by atoms with Crippen molar-refractivity contribution in [2.45, 2.75) is 43.7 Å². The van der Waals surface area contributed by atoms with Crippen LogP contribution in [0.25, 0.3) is 0 Å². The van der Waals surface area contributed by atoms with Crippen LogP contribution in [0.5, 0.6) is 5.75 Å². The molecule has 2 rings (SSSR count). The average Bonchev–Trinajstić information content (AvgIpc) is 2.56. The third-order valence-electron chi connectivity index (χ3n) is 4.17. The van der Waals surface area contributed by atoms with Crippen molar-refractivity contribution in [2.75, 3.05) is 25.9 Å². The molecule has 0 saturated carbocycles. The topological polar surface area (TPSA) is 41.6 Å². The van der Waals surface area contributed by atoms with Gasteiger partial charge < -0.3 is 10.1 Å². The fourth-order valence-corrected chi connectivity index (χ4v) is 3.26. The van der Waals surface area contributed by atoms with Crippen molar-refractivity contribution in [2.24, 2.45) is 0 Å². The Hall–Kier alpha value is -1.46. The molecule has 1 heterocycles. The molecule has 1 saturated heterocycles. The third kappa shape index (κ3) is 5.87. The molecule has 132 valence electrons. The molecule has 1 fully saturated rings. The number of rotatable bonds is 7. The minimum atomic E-state index is -0.487. The fourth-order valence-electron chi connectivity index (χ4n) is 2.85. The van der Waals surface area contributed by atoms with Crippen molar-refractivity contribution >= 4 is 17.7 Å². The molecule has 1 amide bonds. The fraction of sp³-hybridized carbons (Fsp3) is 0.526. The van der Waals surface area contributed by atoms with Crippen molar-refractivity contribution in [3.05, 3.63) is 36.4 Å². The lowest BCUT2D eigenvalue weighted by Crippen LogP contribution is -2.48. The van der Waals surface area contributed by atoms with E-state index in [1.807, 2.05) is 30.5 Å². The Balaban J connectivity index is 1.76. The summed E-state index contributed by atoms with van der Waals surface area (Å²) >= 11 is 1.69. The summed E-state index contributed by atoms with van der Waals surface area (Å²) in [6.45, 7) is 10.8. The molecule has 0 bridgehead atoms. The van der Waals surface area contributed by atoms with Crippen molar-refractivity contribution in [3.63, 3.8) is 0 Å². The summed E-state index contributed by atoms with van der Waals surface area (Å²) in [5, 5.41) is 3.12. The first-order valence-electron chi connectivity index (χ1n) is 8.45. The van der Waals surface area contributed by atoms with E-state index in [0.717, 1.165) is 38.2 Å². The monoisotopic (exact) mass is 348 g/mol. The molecule has 5 heteroatoms. The van der Waals surface area contributed by atoms with Gasteiger partial charge in [0.15, 0.2) is 6.10 Å². The molecule has 0 unspecified atom stereocenters. The van der Waals surface area contributed by atoms with E-state index < -0.39 is 6.10 Å². The summed E-state index contributed by atoms with van der Waals surface area (Å²) in [5.41, 5.74) is 1.19. The highest BCUT2D eigenvalue weighted by molar-refractivity contribution is 7.98. The Labute approximate surface area is 149 Å². The quantitative estimate of drug-likeness (QED) is 0.606. The minimum absolute atomic E-state index is 0.0395. The third-order valence-corrected chi connectivity index (χ3v) is 4.91. The number of likely N-dealkylation sites (tertiary alicyclic amines) is 1. The van der Waals surface area contributed by atoms with Gasteiger partial charge in [0.05, 0.1) is 0 Å². The minimum Gasteiger partial charge on any atom is -0.481 e. The van der Waals surface area contributed by atoms with E-state index in [1.54, 1.807) is 18.7 Å². The first-order chi connectivity index (χ1) is 11.5. The van der Waals surface area contributed by atoms with Crippen molar-refractivity contribution < 1.29 is 9.53 Å². The number of benzene rings is 1. The molecular weight excluding hydrogens is 320 g/mol. The molecule has 24 heavy (non-hydrogen) atoms. The number of amides is 1. The molecule has 0 aromatic heterocycles. The molecule has 0 spiro atoms. The predicted octanol–water partition coefficient (Wildman–Crippen LogP) is 3.33. The van der Waals surface area contributed by atoms with Crippen molar-refractivity contribution in [1.29, 1.82) is 0 Å². The standard InChI is InChI=1S/C19H28N2O2S/c1-14(2)13-21-11-9-16(10-12-21)20-19(22)15(3)23-17-5-7-18(24-4)8-6-17/h5-8,15-16H,1,9-13H2,2-4H3,(H,20,22)/t15-/m0/s1. The van der Waals surface area contributed by atoms with Crippen LogP contribution in [0.3, 0.4) is 0 Å². The zero-order valence-electron chi connectivity index (χ0n) is 14.9. The maximum atomic E-state index is 12.3. The van der Waals surface area contributed by atoms with Gasteiger partial charge in [0.2, 0.25) is 0 Å². The van der Waals surface area contributed by atoms with E-state index in [1.165, 1.54) is 10.5 Å². The maximum absolute atomic E-state index is 12.3. The first-order valence-corrected chi connectivity index (χ1v) is 9.68. The Morgan fingerprint density at radius 1 is 1.38 bits per heavy atom. The summed E-state index contributed by atoms with van der Waals surface area (Å²) in [7, 11) is 0. The normalized spacial score (nSPS) is 17.3. The second-order valence-corrected chi connectivity index (χ2v) is 7.33. The number of thioether (sulfide) groups is 1. The van der Waals surface area contributed by atoms with Crippen LogP contribution in [0.2, 0.25) is 0 Å². The molecule has 1 atom stereocenters. The van der Waals surface area contributed by atoms with E-state index in [4.69, 9.17) is 4.74 Å². The van der Waals surface area contributed by atoms with Gasteiger partial charge in [0.1, 0.15) is 5.75 Å². The average molecular weight is 349 g/mol. The van der Waals surface area contributed by atoms with E-state index in [2.05, 4.69) is 23.7 Å². The largest absolute Gasteiger partial charge is 0.481 e. The maximum Gasteiger partial charge on any atom is 0.260 e. The zero-order chi connectivity index (χ0) is 17.5. The van der Waals surface area contributed by atoms with Gasteiger partial charge in [-0.25, -0.2) is 0 Å². The Bertz CT molecular complexity index is 551. The highest BCUT2D eigenvalue weighted by Crippen LogP contribution is 2.20. The molecular formula is C19H28N2O2S. The Morgan fingerprint density at radius 3 is 2.54 bits per heavy atom. The molecule has 1 aromatic carbocycles. The van der Waals surface area contributed by atoms with E-state index in [9.17, 15) is 4.79 Å². The molecule has 4 nitrogen and oxygen atoms in total. The van der Waals surface area contributed by atoms with Crippen LogP contribution in [0, 0.1) is 0 Å². The zero-order valence-corrected chi connectivity index (χ0v) is 15.7. The van der Waals surface area contributed by atoms with Crippen LogP contribution < -0.4 is 10.1 Å². The number of hydrogen-bond donors (Lipinski definition) is 1. The van der Waals surface area contributed by atoms with Gasteiger partial charge in [-0.15, -0.1) is 11.8 Å². The van der Waals surface area contributed by atoms with Crippen LogP contribution in [0.4, 0.5) is 0 Å². The van der Waals surface area contributed by atoms with Crippen LogP contribution in [0.15, 0.2) is 41.3 Å². The molecule has 1 aliphatic heterocycles. The van der Waals surface area contributed by atoms with Gasteiger partial charge in [-0.2, -0.15) is 0 Å². The van der Waals surface area contributed by atoms with Gasteiger partial charge in [-0.3, -0.25) is 9.69 Å². The summed E-state index contributed by atoms with van der Waals surface area (Å²) < 4.78 is 5.75. The smallest absolute Gasteiger partial charge is 0.260 e.